The molecule has 0 aliphatic heterocycles. The van der Waals surface area contributed by atoms with E-state index in [0.717, 1.165) is 4.47 Å². The van der Waals surface area contributed by atoms with Crippen molar-refractivity contribution >= 4 is 33.6 Å². The first kappa shape index (κ1) is 15.5. The van der Waals surface area contributed by atoms with Gasteiger partial charge >= 0.3 is 0 Å². The highest BCUT2D eigenvalue weighted by Gasteiger charge is 2.10. The van der Waals surface area contributed by atoms with E-state index in [4.69, 9.17) is 15.3 Å². The van der Waals surface area contributed by atoms with Gasteiger partial charge in [0.25, 0.3) is 0 Å². The number of hydrogen-bond acceptors (Lipinski definition) is 5. The van der Waals surface area contributed by atoms with Crippen LogP contribution in [-0.2, 0) is 6.61 Å². The standard InChI is InChI=1S/C15H16BrN3O2/c1-2-21-14-7-10(16)6-13(12(14)8-17)19-15-5-3-4-11(9-20)18-15/h3-8,17,20H,2,9H2,1H3,(H,18,19). The Labute approximate surface area is 131 Å². The monoisotopic (exact) mass is 349 g/mol. The lowest BCUT2D eigenvalue weighted by Crippen LogP contribution is -2.03. The van der Waals surface area contributed by atoms with Gasteiger partial charge in [-0.1, -0.05) is 22.0 Å². The van der Waals surface area contributed by atoms with Crippen molar-refractivity contribution in [2.75, 3.05) is 11.9 Å². The third-order valence-electron chi connectivity index (χ3n) is 2.78. The lowest BCUT2D eigenvalue weighted by atomic mass is 10.1. The van der Waals surface area contributed by atoms with Crippen molar-refractivity contribution in [1.29, 1.82) is 5.41 Å². The molecule has 0 unspecified atom stereocenters. The maximum absolute atomic E-state index is 9.13. The molecule has 21 heavy (non-hydrogen) atoms. The minimum atomic E-state index is -0.115. The normalized spacial score (nSPS) is 10.2. The van der Waals surface area contributed by atoms with Crippen molar-refractivity contribution in [2.45, 2.75) is 13.5 Å². The molecule has 0 atom stereocenters. The molecule has 1 aromatic heterocycles. The Bertz CT molecular complexity index is 647. The first-order valence-electron chi connectivity index (χ1n) is 6.48. The fourth-order valence-corrected chi connectivity index (χ4v) is 2.33. The molecular weight excluding hydrogens is 334 g/mol. The second-order valence-corrected chi connectivity index (χ2v) is 5.16. The summed E-state index contributed by atoms with van der Waals surface area (Å²) < 4.78 is 6.40. The maximum Gasteiger partial charge on any atom is 0.131 e. The summed E-state index contributed by atoms with van der Waals surface area (Å²) in [6.45, 7) is 2.30. The molecule has 6 heteroatoms. The fourth-order valence-electron chi connectivity index (χ4n) is 1.90. The third-order valence-corrected chi connectivity index (χ3v) is 3.24. The number of pyridine rings is 1. The number of halogens is 1. The Kier molecular flexibility index (Phi) is 5.30. The number of aromatic nitrogens is 1. The molecule has 2 aromatic rings. The summed E-state index contributed by atoms with van der Waals surface area (Å²) in [5.74, 6) is 1.23. The number of nitrogens with one attached hydrogen (secondary N) is 2. The molecule has 2 rings (SSSR count). The van der Waals surface area contributed by atoms with Crippen LogP contribution in [-0.4, -0.2) is 22.9 Å². The van der Waals surface area contributed by atoms with E-state index in [9.17, 15) is 0 Å². The zero-order valence-corrected chi connectivity index (χ0v) is 13.1. The molecule has 0 amide bonds. The van der Waals surface area contributed by atoms with Gasteiger partial charge in [0.15, 0.2) is 0 Å². The van der Waals surface area contributed by atoms with E-state index in [2.05, 4.69) is 26.2 Å². The number of anilines is 2. The maximum atomic E-state index is 9.13. The van der Waals surface area contributed by atoms with Crippen LogP contribution < -0.4 is 10.1 Å². The van der Waals surface area contributed by atoms with Crippen molar-refractivity contribution in [1.82, 2.24) is 4.98 Å². The van der Waals surface area contributed by atoms with Crippen molar-refractivity contribution in [3.05, 3.63) is 46.1 Å². The number of rotatable bonds is 6. The molecule has 110 valence electrons. The van der Waals surface area contributed by atoms with Gasteiger partial charge < -0.3 is 20.6 Å². The summed E-state index contributed by atoms with van der Waals surface area (Å²) in [5, 5.41) is 19.9. The number of benzene rings is 1. The number of hydrogen-bond donors (Lipinski definition) is 3. The fraction of sp³-hybridized carbons (Fsp3) is 0.200. The predicted molar refractivity (Wildman–Crippen MR) is 86.6 cm³/mol. The highest BCUT2D eigenvalue weighted by molar-refractivity contribution is 9.10. The molecule has 0 fully saturated rings. The van der Waals surface area contributed by atoms with Gasteiger partial charge in [-0.2, -0.15) is 0 Å². The van der Waals surface area contributed by atoms with Crippen LogP contribution in [0.1, 0.15) is 18.2 Å². The van der Waals surface area contributed by atoms with Gasteiger partial charge in [0.2, 0.25) is 0 Å². The van der Waals surface area contributed by atoms with Gasteiger partial charge in [-0.3, -0.25) is 0 Å². The topological polar surface area (TPSA) is 78.2 Å². The number of nitrogens with zero attached hydrogens (tertiary/aromatic N) is 1. The van der Waals surface area contributed by atoms with E-state index in [-0.39, 0.29) is 6.61 Å². The largest absolute Gasteiger partial charge is 0.493 e. The van der Waals surface area contributed by atoms with Gasteiger partial charge in [-0.25, -0.2) is 4.98 Å². The zero-order chi connectivity index (χ0) is 15.2. The van der Waals surface area contributed by atoms with Crippen molar-refractivity contribution in [3.8, 4) is 5.75 Å². The lowest BCUT2D eigenvalue weighted by molar-refractivity contribution is 0.277. The number of aliphatic hydroxyl groups excluding tert-OH is 1. The van der Waals surface area contributed by atoms with E-state index < -0.39 is 0 Å². The average Bonchev–Trinajstić information content (AvgIpc) is 2.47. The van der Waals surface area contributed by atoms with Gasteiger partial charge in [0.05, 0.1) is 30.2 Å². The van der Waals surface area contributed by atoms with E-state index in [0.29, 0.717) is 35.1 Å². The Hall–Kier alpha value is -1.92. The van der Waals surface area contributed by atoms with Gasteiger partial charge in [0.1, 0.15) is 11.6 Å². The summed E-state index contributed by atoms with van der Waals surface area (Å²) in [4.78, 5) is 4.27. The Morgan fingerprint density at radius 3 is 2.90 bits per heavy atom. The molecule has 0 spiro atoms. The third kappa shape index (κ3) is 3.80. The van der Waals surface area contributed by atoms with Crippen molar-refractivity contribution in [3.63, 3.8) is 0 Å². The SMILES string of the molecule is CCOc1cc(Br)cc(Nc2cccc(CO)n2)c1C=N. The molecular formula is C15H16BrN3O2. The summed E-state index contributed by atoms with van der Waals surface area (Å²) in [7, 11) is 0. The quantitative estimate of drug-likeness (QED) is 0.697. The van der Waals surface area contributed by atoms with Crippen LogP contribution in [0.3, 0.4) is 0 Å². The Morgan fingerprint density at radius 2 is 2.24 bits per heavy atom. The first-order chi connectivity index (χ1) is 10.2. The van der Waals surface area contributed by atoms with E-state index >= 15 is 0 Å². The van der Waals surface area contributed by atoms with Crippen LogP contribution in [0.25, 0.3) is 0 Å². The van der Waals surface area contributed by atoms with Crippen LogP contribution in [0.5, 0.6) is 5.75 Å². The van der Waals surface area contributed by atoms with Crippen LogP contribution in [0.2, 0.25) is 0 Å². The molecule has 0 bridgehead atoms. The highest BCUT2D eigenvalue weighted by Crippen LogP contribution is 2.31. The van der Waals surface area contributed by atoms with E-state index in [1.54, 1.807) is 12.1 Å². The Balaban J connectivity index is 2.40. The number of aliphatic hydroxyl groups is 1. The van der Waals surface area contributed by atoms with Crippen LogP contribution in [0.15, 0.2) is 34.8 Å². The zero-order valence-electron chi connectivity index (χ0n) is 11.6. The minimum absolute atomic E-state index is 0.115. The highest BCUT2D eigenvalue weighted by atomic mass is 79.9. The summed E-state index contributed by atoms with van der Waals surface area (Å²) in [6, 6.07) is 9.04. The molecule has 0 aliphatic rings. The summed E-state index contributed by atoms with van der Waals surface area (Å²) in [5.41, 5.74) is 1.94. The van der Waals surface area contributed by atoms with Crippen LogP contribution >= 0.6 is 15.9 Å². The average molecular weight is 350 g/mol. The molecule has 5 nitrogen and oxygen atoms in total. The second kappa shape index (κ2) is 7.19. The molecule has 0 aliphatic carbocycles. The molecule has 0 radical (unpaired) electrons. The Morgan fingerprint density at radius 1 is 1.43 bits per heavy atom. The number of ether oxygens (including phenoxy) is 1. The molecule has 0 saturated carbocycles. The van der Waals surface area contributed by atoms with Crippen LogP contribution in [0, 0.1) is 5.41 Å². The van der Waals surface area contributed by atoms with Crippen LogP contribution in [0.4, 0.5) is 11.5 Å². The molecule has 3 N–H and O–H groups in total. The first-order valence-corrected chi connectivity index (χ1v) is 7.27. The summed E-state index contributed by atoms with van der Waals surface area (Å²) >= 11 is 3.43. The summed E-state index contributed by atoms with van der Waals surface area (Å²) in [6.07, 6.45) is 1.25. The van der Waals surface area contributed by atoms with Gasteiger partial charge in [-0.15, -0.1) is 0 Å². The predicted octanol–water partition coefficient (Wildman–Crippen LogP) is 3.48. The van der Waals surface area contributed by atoms with Gasteiger partial charge in [-0.05, 0) is 31.2 Å². The minimum Gasteiger partial charge on any atom is -0.493 e. The molecule has 1 aromatic carbocycles. The second-order valence-electron chi connectivity index (χ2n) is 4.24. The smallest absolute Gasteiger partial charge is 0.131 e. The van der Waals surface area contributed by atoms with E-state index in [1.165, 1.54) is 6.21 Å². The molecule has 1 heterocycles. The van der Waals surface area contributed by atoms with Crippen molar-refractivity contribution < 1.29 is 9.84 Å². The lowest BCUT2D eigenvalue weighted by Gasteiger charge is -2.14. The van der Waals surface area contributed by atoms with Gasteiger partial charge in [0, 0.05) is 10.7 Å². The van der Waals surface area contributed by atoms with E-state index in [1.807, 2.05) is 25.1 Å². The molecule has 0 saturated heterocycles. The van der Waals surface area contributed by atoms with Crippen molar-refractivity contribution in [2.24, 2.45) is 0 Å².